The van der Waals surface area contributed by atoms with Gasteiger partial charge in [-0.25, -0.2) is 4.79 Å². The first-order valence-electron chi connectivity index (χ1n) is 6.33. The van der Waals surface area contributed by atoms with Gasteiger partial charge in [0.15, 0.2) is 0 Å². The number of urea groups is 1. The molecule has 0 heterocycles. The number of rotatable bonds is 6. The van der Waals surface area contributed by atoms with Crippen LogP contribution in [0.25, 0.3) is 0 Å². The second kappa shape index (κ2) is 7.41. The van der Waals surface area contributed by atoms with Gasteiger partial charge in [-0.2, -0.15) is 0 Å². The summed E-state index contributed by atoms with van der Waals surface area (Å²) in [4.78, 5) is 22.2. The summed E-state index contributed by atoms with van der Waals surface area (Å²) in [5, 5.41) is 14.1. The van der Waals surface area contributed by atoms with Gasteiger partial charge in [-0.3, -0.25) is 4.79 Å². The summed E-state index contributed by atoms with van der Waals surface area (Å²) >= 11 is 0. The van der Waals surface area contributed by atoms with Gasteiger partial charge < -0.3 is 15.7 Å². The third kappa shape index (κ3) is 5.90. The van der Waals surface area contributed by atoms with Crippen molar-refractivity contribution in [1.82, 2.24) is 5.32 Å². The zero-order chi connectivity index (χ0) is 14.3. The van der Waals surface area contributed by atoms with E-state index in [1.807, 2.05) is 31.2 Å². The Balaban J connectivity index is 2.23. The highest BCUT2D eigenvalue weighted by atomic mass is 16.4. The van der Waals surface area contributed by atoms with E-state index in [-0.39, 0.29) is 11.9 Å². The fourth-order valence-electron chi connectivity index (χ4n) is 1.63. The first kappa shape index (κ1) is 15.0. The number of nitrogens with one attached hydrogen (secondary N) is 2. The predicted octanol–water partition coefficient (Wildman–Crippen LogP) is 2.62. The lowest BCUT2D eigenvalue weighted by molar-refractivity contribution is -0.141. The summed E-state index contributed by atoms with van der Waals surface area (Å²) in [5.74, 6) is -1.18. The number of carbonyl (C=O) groups excluding carboxylic acids is 1. The van der Waals surface area contributed by atoms with E-state index in [4.69, 9.17) is 5.11 Å². The number of aryl methyl sites for hydroxylation is 1. The maximum Gasteiger partial charge on any atom is 0.319 e. The number of carboxylic acid groups (broad SMARTS) is 1. The normalized spacial score (nSPS) is 11.7. The van der Waals surface area contributed by atoms with Crippen LogP contribution in [0.4, 0.5) is 10.5 Å². The maximum atomic E-state index is 11.6. The van der Waals surface area contributed by atoms with Crippen molar-refractivity contribution in [1.29, 1.82) is 0 Å². The second-order valence-electron chi connectivity index (χ2n) is 4.63. The van der Waals surface area contributed by atoms with Crippen molar-refractivity contribution in [2.45, 2.75) is 26.7 Å². The number of benzene rings is 1. The van der Waals surface area contributed by atoms with Gasteiger partial charge in [0.1, 0.15) is 0 Å². The highest BCUT2D eigenvalue weighted by Gasteiger charge is 2.10. The number of amides is 2. The molecule has 5 nitrogen and oxygen atoms in total. The van der Waals surface area contributed by atoms with E-state index in [0.717, 1.165) is 11.3 Å². The van der Waals surface area contributed by atoms with Gasteiger partial charge in [0.25, 0.3) is 0 Å². The van der Waals surface area contributed by atoms with Crippen LogP contribution in [0.5, 0.6) is 0 Å². The lowest BCUT2D eigenvalue weighted by Crippen LogP contribution is -2.29. The molecule has 0 aromatic heterocycles. The van der Waals surface area contributed by atoms with Crippen LogP contribution in [-0.4, -0.2) is 23.7 Å². The summed E-state index contributed by atoms with van der Waals surface area (Å²) < 4.78 is 0. The average molecular weight is 264 g/mol. The van der Waals surface area contributed by atoms with Gasteiger partial charge in [0, 0.05) is 12.2 Å². The lowest BCUT2D eigenvalue weighted by Gasteiger charge is -2.09. The smallest absolute Gasteiger partial charge is 0.319 e. The molecule has 0 aliphatic heterocycles. The van der Waals surface area contributed by atoms with Crippen molar-refractivity contribution in [3.8, 4) is 0 Å². The fourth-order valence-corrected chi connectivity index (χ4v) is 1.63. The van der Waals surface area contributed by atoms with Crippen molar-refractivity contribution < 1.29 is 14.7 Å². The number of aliphatic carboxylic acids is 1. The van der Waals surface area contributed by atoms with E-state index >= 15 is 0 Å². The van der Waals surface area contributed by atoms with Crippen molar-refractivity contribution in [3.05, 3.63) is 29.8 Å². The molecule has 0 bridgehead atoms. The predicted molar refractivity (Wildman–Crippen MR) is 74.2 cm³/mol. The molecule has 1 atom stereocenters. The van der Waals surface area contributed by atoms with Crippen LogP contribution in [0.15, 0.2) is 24.3 Å². The molecule has 2 amide bonds. The van der Waals surface area contributed by atoms with Crippen molar-refractivity contribution in [2.75, 3.05) is 11.9 Å². The minimum absolute atomic E-state index is 0.270. The minimum Gasteiger partial charge on any atom is -0.481 e. The molecule has 0 saturated carbocycles. The van der Waals surface area contributed by atoms with E-state index in [1.165, 1.54) is 0 Å². The van der Waals surface area contributed by atoms with Crippen LogP contribution < -0.4 is 10.6 Å². The maximum absolute atomic E-state index is 11.6. The molecule has 3 N–H and O–H groups in total. The van der Waals surface area contributed by atoms with Gasteiger partial charge >= 0.3 is 12.0 Å². The Kier molecular flexibility index (Phi) is 5.85. The topological polar surface area (TPSA) is 78.4 Å². The Morgan fingerprint density at radius 3 is 2.74 bits per heavy atom. The van der Waals surface area contributed by atoms with Gasteiger partial charge in [0.2, 0.25) is 0 Å². The molecule has 0 fully saturated rings. The van der Waals surface area contributed by atoms with Crippen molar-refractivity contribution in [3.63, 3.8) is 0 Å². The first-order valence-corrected chi connectivity index (χ1v) is 6.33. The molecule has 1 unspecified atom stereocenters. The SMILES string of the molecule is Cc1cccc(NC(=O)NCCCC(C)C(=O)O)c1. The van der Waals surface area contributed by atoms with Gasteiger partial charge in [-0.05, 0) is 37.5 Å². The highest BCUT2D eigenvalue weighted by molar-refractivity contribution is 5.89. The van der Waals surface area contributed by atoms with E-state index in [9.17, 15) is 9.59 Å². The third-order valence-electron chi connectivity index (χ3n) is 2.80. The molecule has 1 rings (SSSR count). The Morgan fingerprint density at radius 2 is 2.11 bits per heavy atom. The summed E-state index contributed by atoms with van der Waals surface area (Å²) in [6, 6.07) is 7.26. The van der Waals surface area contributed by atoms with Gasteiger partial charge in [-0.15, -0.1) is 0 Å². The largest absolute Gasteiger partial charge is 0.481 e. The summed E-state index contributed by atoms with van der Waals surface area (Å²) in [6.45, 7) is 4.08. The Bertz CT molecular complexity index is 446. The van der Waals surface area contributed by atoms with Crippen molar-refractivity contribution in [2.24, 2.45) is 5.92 Å². The standard InChI is InChI=1S/C14H20N2O3/c1-10-5-3-7-12(9-10)16-14(19)15-8-4-6-11(2)13(17)18/h3,5,7,9,11H,4,6,8H2,1-2H3,(H,17,18)(H2,15,16,19). The number of carboxylic acids is 1. The molecule has 1 aromatic rings. The monoisotopic (exact) mass is 264 g/mol. The molecule has 104 valence electrons. The molecule has 0 aliphatic carbocycles. The van der Waals surface area contributed by atoms with Crippen LogP contribution in [0.2, 0.25) is 0 Å². The fraction of sp³-hybridized carbons (Fsp3) is 0.429. The number of carbonyl (C=O) groups is 2. The third-order valence-corrected chi connectivity index (χ3v) is 2.80. The van der Waals surface area contributed by atoms with Crippen LogP contribution in [0, 0.1) is 12.8 Å². The summed E-state index contributed by atoms with van der Waals surface area (Å²) in [7, 11) is 0. The van der Waals surface area contributed by atoms with E-state index in [0.29, 0.717) is 19.4 Å². The summed E-state index contributed by atoms with van der Waals surface area (Å²) in [5.41, 5.74) is 1.82. The zero-order valence-corrected chi connectivity index (χ0v) is 11.3. The minimum atomic E-state index is -0.802. The number of hydrogen-bond donors (Lipinski definition) is 3. The summed E-state index contributed by atoms with van der Waals surface area (Å²) in [6.07, 6.45) is 1.20. The molecule has 0 aliphatic rings. The van der Waals surface area contributed by atoms with E-state index in [2.05, 4.69) is 10.6 Å². The van der Waals surface area contributed by atoms with Gasteiger partial charge in [-0.1, -0.05) is 19.1 Å². The molecule has 0 spiro atoms. The molecule has 5 heteroatoms. The quantitative estimate of drug-likeness (QED) is 0.691. The van der Waals surface area contributed by atoms with E-state index in [1.54, 1.807) is 6.92 Å². The molecule has 0 radical (unpaired) electrons. The van der Waals surface area contributed by atoms with Crippen LogP contribution >= 0.6 is 0 Å². The molecule has 0 saturated heterocycles. The van der Waals surface area contributed by atoms with Crippen LogP contribution in [-0.2, 0) is 4.79 Å². The molecule has 19 heavy (non-hydrogen) atoms. The van der Waals surface area contributed by atoms with Crippen molar-refractivity contribution >= 4 is 17.7 Å². The first-order chi connectivity index (χ1) is 8.99. The molecular weight excluding hydrogens is 244 g/mol. The van der Waals surface area contributed by atoms with Crippen LogP contribution in [0.1, 0.15) is 25.3 Å². The van der Waals surface area contributed by atoms with Gasteiger partial charge in [0.05, 0.1) is 5.92 Å². The lowest BCUT2D eigenvalue weighted by atomic mass is 10.1. The second-order valence-corrected chi connectivity index (χ2v) is 4.63. The number of hydrogen-bond acceptors (Lipinski definition) is 2. The Labute approximate surface area is 113 Å². The zero-order valence-electron chi connectivity index (χ0n) is 11.3. The molecular formula is C14H20N2O3. The average Bonchev–Trinajstić information content (AvgIpc) is 2.34. The Hall–Kier alpha value is -2.04. The molecule has 1 aromatic carbocycles. The van der Waals surface area contributed by atoms with E-state index < -0.39 is 5.97 Å². The Morgan fingerprint density at radius 1 is 1.37 bits per heavy atom. The van der Waals surface area contributed by atoms with Crippen LogP contribution in [0.3, 0.4) is 0 Å². The highest BCUT2D eigenvalue weighted by Crippen LogP contribution is 2.09. The number of anilines is 1.